The number of aliphatic imine (C=N–C) groups is 1. The van der Waals surface area contributed by atoms with Gasteiger partial charge in [-0.3, -0.25) is 0 Å². The van der Waals surface area contributed by atoms with Crippen LogP contribution in [0.5, 0.6) is 0 Å². The summed E-state index contributed by atoms with van der Waals surface area (Å²) in [5.74, 6) is 0. The molecular formula is C10H14Cl3N3OS. The van der Waals surface area contributed by atoms with Gasteiger partial charge in [0.1, 0.15) is 0 Å². The van der Waals surface area contributed by atoms with Gasteiger partial charge in [-0.15, -0.1) is 0 Å². The number of halogens is 3. The SMILES string of the molecule is CN(C(=O)NC1CCCC1)C(N=C=S)C(Cl)(Cl)Cl. The Bertz CT molecular complexity index is 349. The van der Waals surface area contributed by atoms with Crippen LogP contribution in [0.15, 0.2) is 4.99 Å². The predicted octanol–water partition coefficient (Wildman–Crippen LogP) is 3.37. The lowest BCUT2D eigenvalue weighted by atomic mass is 10.2. The summed E-state index contributed by atoms with van der Waals surface area (Å²) in [6.07, 6.45) is 3.23. The van der Waals surface area contributed by atoms with E-state index >= 15 is 0 Å². The number of hydrogen-bond acceptors (Lipinski definition) is 3. The molecule has 0 aromatic heterocycles. The molecule has 102 valence electrons. The van der Waals surface area contributed by atoms with Gasteiger partial charge in [-0.2, -0.15) is 0 Å². The molecule has 1 saturated carbocycles. The van der Waals surface area contributed by atoms with Gasteiger partial charge in [-0.05, 0) is 25.1 Å². The molecule has 1 atom stereocenters. The minimum atomic E-state index is -1.74. The summed E-state index contributed by atoms with van der Waals surface area (Å²) in [6, 6.07) is -0.139. The second-order valence-electron chi connectivity index (χ2n) is 4.18. The van der Waals surface area contributed by atoms with Crippen molar-refractivity contribution in [2.75, 3.05) is 7.05 Å². The van der Waals surface area contributed by atoms with Crippen LogP contribution in [0.1, 0.15) is 25.7 Å². The third-order valence-electron chi connectivity index (χ3n) is 2.84. The molecule has 2 amide bonds. The molecule has 1 N–H and O–H groups in total. The van der Waals surface area contributed by atoms with Crippen molar-refractivity contribution in [2.45, 2.75) is 41.7 Å². The quantitative estimate of drug-likeness (QED) is 0.490. The Hall–Kier alpha value is -0.0600. The minimum absolute atomic E-state index is 0.187. The number of nitrogens with one attached hydrogen (secondary N) is 1. The van der Waals surface area contributed by atoms with Crippen molar-refractivity contribution >= 4 is 58.2 Å². The number of rotatable bonds is 3. The van der Waals surface area contributed by atoms with Gasteiger partial charge < -0.3 is 10.2 Å². The highest BCUT2D eigenvalue weighted by Gasteiger charge is 2.38. The predicted molar refractivity (Wildman–Crippen MR) is 77.7 cm³/mol. The van der Waals surface area contributed by atoms with E-state index in [1.807, 2.05) is 0 Å². The van der Waals surface area contributed by atoms with Gasteiger partial charge in [0.2, 0.25) is 3.79 Å². The van der Waals surface area contributed by atoms with Gasteiger partial charge in [-0.1, -0.05) is 47.6 Å². The summed E-state index contributed by atoms with van der Waals surface area (Å²) in [5, 5.41) is 5.02. The molecular weight excluding hydrogens is 317 g/mol. The van der Waals surface area contributed by atoms with Crippen LogP contribution in [0.3, 0.4) is 0 Å². The molecule has 0 bridgehead atoms. The number of hydrogen-bond donors (Lipinski definition) is 1. The number of carbonyl (C=O) groups excluding carboxylic acids is 1. The van der Waals surface area contributed by atoms with Crippen LogP contribution < -0.4 is 5.32 Å². The van der Waals surface area contributed by atoms with E-state index in [1.54, 1.807) is 0 Å². The van der Waals surface area contributed by atoms with Crippen molar-refractivity contribution in [1.29, 1.82) is 0 Å². The van der Waals surface area contributed by atoms with E-state index in [2.05, 4.69) is 27.7 Å². The zero-order valence-electron chi connectivity index (χ0n) is 9.83. The molecule has 0 radical (unpaired) electrons. The Kier molecular flexibility index (Phi) is 6.15. The molecule has 1 unspecified atom stereocenters. The van der Waals surface area contributed by atoms with Crippen LogP contribution >= 0.6 is 47.0 Å². The molecule has 0 aliphatic heterocycles. The molecule has 1 fully saturated rings. The molecule has 0 aromatic carbocycles. The summed E-state index contributed by atoms with van der Waals surface area (Å²) in [7, 11) is 1.51. The first kappa shape index (κ1) is 16.0. The normalized spacial score (nSPS) is 18.0. The average molecular weight is 331 g/mol. The lowest BCUT2D eigenvalue weighted by molar-refractivity contribution is 0.188. The van der Waals surface area contributed by atoms with Crippen LogP contribution in [0.2, 0.25) is 0 Å². The smallest absolute Gasteiger partial charge is 0.319 e. The number of urea groups is 1. The van der Waals surface area contributed by atoms with Crippen molar-refractivity contribution in [2.24, 2.45) is 4.99 Å². The molecule has 4 nitrogen and oxygen atoms in total. The molecule has 0 aromatic rings. The highest BCUT2D eigenvalue weighted by atomic mass is 35.6. The standard InChI is InChI=1S/C10H14Cl3N3OS/c1-16(8(14-6-18)10(11,12)13)9(17)15-7-4-2-3-5-7/h7-8H,2-5H2,1H3,(H,15,17). The fourth-order valence-electron chi connectivity index (χ4n) is 1.89. The van der Waals surface area contributed by atoms with Crippen LogP contribution in [0, 0.1) is 0 Å². The first-order chi connectivity index (χ1) is 8.36. The van der Waals surface area contributed by atoms with E-state index in [0.717, 1.165) is 25.7 Å². The molecule has 0 spiro atoms. The third kappa shape index (κ3) is 4.56. The maximum Gasteiger partial charge on any atom is 0.319 e. The van der Waals surface area contributed by atoms with Crippen molar-refractivity contribution < 1.29 is 4.79 Å². The van der Waals surface area contributed by atoms with Crippen molar-refractivity contribution in [3.63, 3.8) is 0 Å². The first-order valence-corrected chi connectivity index (χ1v) is 7.07. The van der Waals surface area contributed by atoms with E-state index in [9.17, 15) is 4.79 Å². The van der Waals surface area contributed by atoms with Crippen molar-refractivity contribution in [3.05, 3.63) is 0 Å². The zero-order chi connectivity index (χ0) is 13.8. The van der Waals surface area contributed by atoms with E-state index in [-0.39, 0.29) is 12.1 Å². The molecule has 1 aliphatic rings. The lowest BCUT2D eigenvalue weighted by Crippen LogP contribution is -2.50. The summed E-state index contributed by atoms with van der Waals surface area (Å²) in [5.41, 5.74) is 0. The third-order valence-corrected chi connectivity index (χ3v) is 3.53. The minimum Gasteiger partial charge on any atom is -0.335 e. The molecule has 0 heterocycles. The number of carbonyl (C=O) groups is 1. The van der Waals surface area contributed by atoms with Gasteiger partial charge in [0.05, 0.1) is 5.16 Å². The molecule has 1 aliphatic carbocycles. The second-order valence-corrected chi connectivity index (χ2v) is 6.73. The highest BCUT2D eigenvalue weighted by molar-refractivity contribution is 7.78. The van der Waals surface area contributed by atoms with E-state index in [1.165, 1.54) is 11.9 Å². The second kappa shape index (κ2) is 6.92. The largest absolute Gasteiger partial charge is 0.335 e. The molecule has 18 heavy (non-hydrogen) atoms. The van der Waals surface area contributed by atoms with E-state index < -0.39 is 9.96 Å². The Labute approximate surface area is 127 Å². The monoisotopic (exact) mass is 329 g/mol. The Morgan fingerprint density at radius 3 is 2.50 bits per heavy atom. The van der Waals surface area contributed by atoms with E-state index in [4.69, 9.17) is 34.8 Å². The maximum atomic E-state index is 12.0. The number of thiocarbonyl (C=S) groups is 1. The fourth-order valence-corrected chi connectivity index (χ4v) is 2.57. The molecule has 1 rings (SSSR count). The van der Waals surface area contributed by atoms with Crippen LogP contribution in [0.4, 0.5) is 4.79 Å². The van der Waals surface area contributed by atoms with Gasteiger partial charge in [-0.25, -0.2) is 9.79 Å². The van der Waals surface area contributed by atoms with Crippen LogP contribution in [-0.2, 0) is 0 Å². The van der Waals surface area contributed by atoms with Gasteiger partial charge >= 0.3 is 6.03 Å². The van der Waals surface area contributed by atoms with Crippen LogP contribution in [-0.4, -0.2) is 39.1 Å². The number of alkyl halides is 3. The summed E-state index contributed by atoms with van der Waals surface area (Å²) in [6.45, 7) is 0. The van der Waals surface area contributed by atoms with Gasteiger partial charge in [0.15, 0.2) is 6.17 Å². The first-order valence-electron chi connectivity index (χ1n) is 5.53. The molecule has 0 saturated heterocycles. The highest BCUT2D eigenvalue weighted by Crippen LogP contribution is 2.33. The summed E-state index contributed by atoms with van der Waals surface area (Å²) in [4.78, 5) is 16.9. The van der Waals surface area contributed by atoms with Crippen molar-refractivity contribution in [1.82, 2.24) is 10.2 Å². The number of nitrogens with zero attached hydrogens (tertiary/aromatic N) is 2. The Morgan fingerprint density at radius 2 is 2.06 bits per heavy atom. The number of amides is 2. The topological polar surface area (TPSA) is 44.7 Å². The van der Waals surface area contributed by atoms with Gasteiger partial charge in [0.25, 0.3) is 0 Å². The Balaban J connectivity index is 2.66. The average Bonchev–Trinajstić information content (AvgIpc) is 2.76. The number of isothiocyanates is 1. The fraction of sp³-hybridized carbons (Fsp3) is 0.800. The summed E-state index contributed by atoms with van der Waals surface area (Å²) >= 11 is 21.8. The zero-order valence-corrected chi connectivity index (χ0v) is 12.9. The van der Waals surface area contributed by atoms with Crippen LogP contribution in [0.25, 0.3) is 0 Å². The maximum absolute atomic E-state index is 12.0. The molecule has 8 heteroatoms. The Morgan fingerprint density at radius 1 is 1.50 bits per heavy atom. The lowest BCUT2D eigenvalue weighted by Gasteiger charge is -2.30. The summed E-state index contributed by atoms with van der Waals surface area (Å²) < 4.78 is -1.74. The van der Waals surface area contributed by atoms with Gasteiger partial charge in [0, 0.05) is 13.1 Å². The van der Waals surface area contributed by atoms with Crippen molar-refractivity contribution in [3.8, 4) is 0 Å². The van der Waals surface area contributed by atoms with E-state index in [0.29, 0.717) is 0 Å².